The largest absolute Gasteiger partial charge is 0.344 e. The molecule has 194 valence electrons. The van der Waals surface area contributed by atoms with Crippen molar-refractivity contribution in [3.8, 4) is 0 Å². The lowest BCUT2D eigenvalue weighted by molar-refractivity contribution is -0.136. The highest BCUT2D eigenvalue weighted by Gasteiger charge is 2.41. The average molecular weight is 508 g/mol. The van der Waals surface area contributed by atoms with Crippen LogP contribution in [0.4, 0.5) is 11.4 Å². The van der Waals surface area contributed by atoms with Crippen LogP contribution >= 0.6 is 0 Å². The van der Waals surface area contributed by atoms with Gasteiger partial charge in [0.1, 0.15) is 12.1 Å². The topological polar surface area (TPSA) is 142 Å². The van der Waals surface area contributed by atoms with Gasteiger partial charge in [0.25, 0.3) is 0 Å². The van der Waals surface area contributed by atoms with Crippen LogP contribution in [-0.4, -0.2) is 68.5 Å². The van der Waals surface area contributed by atoms with E-state index in [1.54, 1.807) is 29.2 Å². The van der Waals surface area contributed by atoms with Crippen molar-refractivity contribution in [3.63, 3.8) is 0 Å². The lowest BCUT2D eigenvalue weighted by Crippen LogP contribution is -2.55. The fourth-order valence-corrected chi connectivity index (χ4v) is 6.36. The van der Waals surface area contributed by atoms with Gasteiger partial charge in [-0.1, -0.05) is 31.9 Å². The average Bonchev–Trinajstić information content (AvgIpc) is 3.36. The SMILES string of the molecule is CCCCCS(=O)(=O)N1c2ccccc2NC(=O)[C@@H]1CC(=O)N[C@H](CCCN)C(=O)N1CCCC1. The molecule has 3 rings (SSSR count). The first-order chi connectivity index (χ1) is 16.8. The second kappa shape index (κ2) is 12.3. The first-order valence-electron chi connectivity index (χ1n) is 12.5. The number of nitrogens with zero attached hydrogens (tertiary/aromatic N) is 2. The van der Waals surface area contributed by atoms with Gasteiger partial charge in [-0.15, -0.1) is 0 Å². The summed E-state index contributed by atoms with van der Waals surface area (Å²) in [6.07, 6.45) is 4.46. The minimum atomic E-state index is -3.87. The van der Waals surface area contributed by atoms with Crippen molar-refractivity contribution in [2.45, 2.75) is 70.4 Å². The number of carbonyl (C=O) groups is 3. The van der Waals surface area contributed by atoms with Gasteiger partial charge < -0.3 is 21.3 Å². The highest BCUT2D eigenvalue weighted by molar-refractivity contribution is 7.92. The third-order valence-corrected chi connectivity index (χ3v) is 8.27. The fraction of sp³-hybridized carbons (Fsp3) is 0.625. The maximum Gasteiger partial charge on any atom is 0.248 e. The molecule has 0 radical (unpaired) electrons. The Kier molecular flexibility index (Phi) is 9.50. The Morgan fingerprint density at radius 3 is 2.57 bits per heavy atom. The van der Waals surface area contributed by atoms with Crippen molar-refractivity contribution < 1.29 is 22.8 Å². The third-order valence-electron chi connectivity index (χ3n) is 6.42. The van der Waals surface area contributed by atoms with Gasteiger partial charge in [-0.25, -0.2) is 8.42 Å². The van der Waals surface area contributed by atoms with Crippen LogP contribution in [0.5, 0.6) is 0 Å². The minimum absolute atomic E-state index is 0.118. The number of hydrogen-bond acceptors (Lipinski definition) is 6. The van der Waals surface area contributed by atoms with E-state index < -0.39 is 33.9 Å². The number of likely N-dealkylation sites (tertiary alicyclic amines) is 1. The van der Waals surface area contributed by atoms with Crippen LogP contribution in [0.2, 0.25) is 0 Å². The molecule has 0 saturated carbocycles. The van der Waals surface area contributed by atoms with Crippen molar-refractivity contribution in [3.05, 3.63) is 24.3 Å². The number of carbonyl (C=O) groups excluding carboxylic acids is 3. The summed E-state index contributed by atoms with van der Waals surface area (Å²) in [5, 5.41) is 5.48. The van der Waals surface area contributed by atoms with Gasteiger partial charge in [0.05, 0.1) is 23.5 Å². The van der Waals surface area contributed by atoms with Gasteiger partial charge in [0, 0.05) is 13.1 Å². The molecule has 0 bridgehead atoms. The van der Waals surface area contributed by atoms with Crippen LogP contribution in [-0.2, 0) is 24.4 Å². The molecular formula is C24H37N5O5S. The Morgan fingerprint density at radius 1 is 1.17 bits per heavy atom. The van der Waals surface area contributed by atoms with E-state index in [2.05, 4.69) is 10.6 Å². The summed E-state index contributed by atoms with van der Waals surface area (Å²) >= 11 is 0. The van der Waals surface area contributed by atoms with Gasteiger partial charge in [-0.05, 0) is 50.8 Å². The fourth-order valence-electron chi connectivity index (χ4n) is 4.58. The highest BCUT2D eigenvalue weighted by atomic mass is 32.2. The van der Waals surface area contributed by atoms with E-state index in [9.17, 15) is 22.8 Å². The normalized spacial score (nSPS) is 18.7. The zero-order chi connectivity index (χ0) is 25.4. The summed E-state index contributed by atoms with van der Waals surface area (Å²) in [6.45, 7) is 3.66. The molecule has 3 amide bonds. The Balaban J connectivity index is 1.81. The number of nitrogens with two attached hydrogens (primary N) is 1. The third kappa shape index (κ3) is 6.72. The molecule has 2 heterocycles. The Labute approximate surface area is 207 Å². The Hall–Kier alpha value is -2.66. The number of fused-ring (bicyclic) bond motifs is 1. The van der Waals surface area contributed by atoms with Crippen LogP contribution in [0.15, 0.2) is 24.3 Å². The van der Waals surface area contributed by atoms with Crippen LogP contribution < -0.4 is 20.7 Å². The molecule has 1 aromatic carbocycles. The van der Waals surface area contributed by atoms with Gasteiger partial charge in [-0.3, -0.25) is 18.7 Å². The molecule has 1 fully saturated rings. The second-order valence-corrected chi connectivity index (χ2v) is 11.1. The molecule has 1 saturated heterocycles. The highest BCUT2D eigenvalue weighted by Crippen LogP contribution is 2.35. The zero-order valence-electron chi connectivity index (χ0n) is 20.4. The first-order valence-corrected chi connectivity index (χ1v) is 14.1. The lowest BCUT2D eigenvalue weighted by Gasteiger charge is -2.37. The molecule has 11 heteroatoms. The number of anilines is 2. The second-order valence-electron chi connectivity index (χ2n) is 9.13. The van der Waals surface area contributed by atoms with E-state index in [0.29, 0.717) is 50.3 Å². The van der Waals surface area contributed by atoms with Gasteiger partial charge in [-0.2, -0.15) is 0 Å². The summed E-state index contributed by atoms with van der Waals surface area (Å²) < 4.78 is 27.8. The molecule has 0 aliphatic carbocycles. The van der Waals surface area contributed by atoms with Crippen LogP contribution in [0.25, 0.3) is 0 Å². The number of benzene rings is 1. The quantitative estimate of drug-likeness (QED) is 0.367. The maximum absolute atomic E-state index is 13.3. The maximum atomic E-state index is 13.3. The number of amides is 3. The van der Waals surface area contributed by atoms with Crippen molar-refractivity contribution in [1.29, 1.82) is 0 Å². The molecular weight excluding hydrogens is 470 g/mol. The Morgan fingerprint density at radius 2 is 1.89 bits per heavy atom. The molecule has 0 aromatic heterocycles. The molecule has 35 heavy (non-hydrogen) atoms. The summed E-state index contributed by atoms with van der Waals surface area (Å²) in [4.78, 5) is 40.8. The van der Waals surface area contributed by atoms with Crippen LogP contribution in [0.1, 0.15) is 58.3 Å². The minimum Gasteiger partial charge on any atom is -0.344 e. The van der Waals surface area contributed by atoms with E-state index in [-0.39, 0.29) is 18.1 Å². The lowest BCUT2D eigenvalue weighted by atomic mass is 10.1. The van der Waals surface area contributed by atoms with Crippen molar-refractivity contribution in [1.82, 2.24) is 10.2 Å². The summed E-state index contributed by atoms with van der Waals surface area (Å²) in [7, 11) is -3.87. The number of unbranched alkanes of at least 4 members (excludes halogenated alkanes) is 2. The summed E-state index contributed by atoms with van der Waals surface area (Å²) in [5.41, 5.74) is 6.36. The molecule has 2 aliphatic heterocycles. The molecule has 10 nitrogen and oxygen atoms in total. The van der Waals surface area contributed by atoms with E-state index in [0.717, 1.165) is 30.0 Å². The summed E-state index contributed by atoms with van der Waals surface area (Å²) in [5.74, 6) is -1.39. The van der Waals surface area contributed by atoms with E-state index >= 15 is 0 Å². The number of nitrogens with one attached hydrogen (secondary N) is 2. The molecule has 2 atom stereocenters. The molecule has 0 unspecified atom stereocenters. The zero-order valence-corrected chi connectivity index (χ0v) is 21.2. The van der Waals surface area contributed by atoms with E-state index in [1.807, 2.05) is 6.92 Å². The van der Waals surface area contributed by atoms with Gasteiger partial charge in [0.15, 0.2) is 0 Å². The number of para-hydroxylation sites is 2. The number of hydrogen-bond donors (Lipinski definition) is 3. The van der Waals surface area contributed by atoms with Gasteiger partial charge in [0.2, 0.25) is 27.7 Å². The summed E-state index contributed by atoms with van der Waals surface area (Å²) in [6, 6.07) is 4.67. The monoisotopic (exact) mass is 507 g/mol. The molecule has 2 aliphatic rings. The molecule has 4 N–H and O–H groups in total. The van der Waals surface area contributed by atoms with Crippen molar-refractivity contribution in [2.75, 3.05) is 35.0 Å². The van der Waals surface area contributed by atoms with Crippen LogP contribution in [0, 0.1) is 0 Å². The molecule has 1 aromatic rings. The van der Waals surface area contributed by atoms with Crippen molar-refractivity contribution in [2.24, 2.45) is 5.73 Å². The van der Waals surface area contributed by atoms with E-state index in [4.69, 9.17) is 5.73 Å². The predicted octanol–water partition coefficient (Wildman–Crippen LogP) is 1.57. The number of rotatable bonds is 12. The van der Waals surface area contributed by atoms with Gasteiger partial charge >= 0.3 is 0 Å². The standard InChI is InChI=1S/C24H37N5O5S/c1-2-3-8-16-35(33,34)29-20-12-5-4-10-18(20)27-23(31)21(29)17-22(30)26-19(11-9-13-25)24(32)28-14-6-7-15-28/h4-5,10,12,19,21H,2-3,6-9,11,13-17,25H2,1H3,(H,26,30)(H,27,31)/t19-,21+/m1/s1. The first kappa shape index (κ1) is 26.9. The van der Waals surface area contributed by atoms with E-state index in [1.165, 1.54) is 0 Å². The molecule has 0 spiro atoms. The smallest absolute Gasteiger partial charge is 0.248 e. The predicted molar refractivity (Wildman–Crippen MR) is 135 cm³/mol. The van der Waals surface area contributed by atoms with Crippen molar-refractivity contribution >= 4 is 39.1 Å². The van der Waals surface area contributed by atoms with Crippen LogP contribution in [0.3, 0.4) is 0 Å². The number of sulfonamides is 1. The Bertz CT molecular complexity index is 1010.